The van der Waals surface area contributed by atoms with Crippen LogP contribution in [0.1, 0.15) is 38.8 Å². The van der Waals surface area contributed by atoms with Gasteiger partial charge in [-0.15, -0.1) is 11.3 Å². The molecule has 2 rings (SSSR count). The van der Waals surface area contributed by atoms with Gasteiger partial charge in [0.25, 0.3) is 0 Å². The highest BCUT2D eigenvalue weighted by Gasteiger charge is 2.23. The third kappa shape index (κ3) is 4.43. The molecule has 0 aliphatic carbocycles. The van der Waals surface area contributed by atoms with Gasteiger partial charge in [0.05, 0.1) is 12.3 Å². The quantitative estimate of drug-likeness (QED) is 0.846. The van der Waals surface area contributed by atoms with Gasteiger partial charge in [0.15, 0.2) is 5.13 Å². The summed E-state index contributed by atoms with van der Waals surface area (Å²) < 4.78 is 0. The van der Waals surface area contributed by atoms with E-state index in [0.717, 1.165) is 43.2 Å². The normalized spacial score (nSPS) is 18.8. The van der Waals surface area contributed by atoms with Gasteiger partial charge < -0.3 is 15.3 Å². The second-order valence-corrected chi connectivity index (χ2v) is 7.05. The van der Waals surface area contributed by atoms with Gasteiger partial charge >= 0.3 is 0 Å². The zero-order valence-corrected chi connectivity index (χ0v) is 13.6. The molecule has 1 aliphatic heterocycles. The summed E-state index contributed by atoms with van der Waals surface area (Å²) in [7, 11) is 0. The summed E-state index contributed by atoms with van der Waals surface area (Å²) in [6.45, 7) is 8.82. The molecule has 1 fully saturated rings. The maximum Gasteiger partial charge on any atom is 0.185 e. The predicted molar refractivity (Wildman–Crippen MR) is 85.6 cm³/mol. The van der Waals surface area contributed by atoms with Crippen LogP contribution in [-0.2, 0) is 0 Å². The van der Waals surface area contributed by atoms with Gasteiger partial charge in [0.2, 0.25) is 0 Å². The molecule has 0 radical (unpaired) electrons. The second kappa shape index (κ2) is 7.38. The zero-order chi connectivity index (χ0) is 14.5. The van der Waals surface area contributed by atoms with Crippen molar-refractivity contribution in [3.8, 4) is 0 Å². The number of nitrogens with zero attached hydrogens (tertiary/aromatic N) is 2. The van der Waals surface area contributed by atoms with Gasteiger partial charge in [0, 0.05) is 30.6 Å². The van der Waals surface area contributed by atoms with Crippen molar-refractivity contribution in [2.24, 2.45) is 5.92 Å². The molecule has 2 N–H and O–H groups in total. The standard InChI is InChI=1S/C15H27N3OS/c1-11(2)8-14(9-19)17-13-4-6-18(7-5-13)15-16-12(3)10-20-15/h10-11,13-14,17,19H,4-9H2,1-3H3. The molecular weight excluding hydrogens is 270 g/mol. The van der Waals surface area contributed by atoms with Crippen molar-refractivity contribution in [1.29, 1.82) is 0 Å². The summed E-state index contributed by atoms with van der Waals surface area (Å²) in [5, 5.41) is 16.3. The molecule has 114 valence electrons. The van der Waals surface area contributed by atoms with E-state index in [2.05, 4.69) is 34.4 Å². The minimum atomic E-state index is 0.240. The van der Waals surface area contributed by atoms with E-state index in [-0.39, 0.29) is 12.6 Å². The Bertz CT molecular complexity index is 400. The number of nitrogens with one attached hydrogen (secondary N) is 1. The highest BCUT2D eigenvalue weighted by atomic mass is 32.1. The van der Waals surface area contributed by atoms with E-state index < -0.39 is 0 Å². The topological polar surface area (TPSA) is 48.4 Å². The third-order valence-corrected chi connectivity index (χ3v) is 4.84. The lowest BCUT2D eigenvalue weighted by molar-refractivity contribution is 0.206. The molecule has 0 saturated carbocycles. The molecule has 0 bridgehead atoms. The summed E-state index contributed by atoms with van der Waals surface area (Å²) in [5.41, 5.74) is 1.11. The van der Waals surface area contributed by atoms with Crippen molar-refractivity contribution in [3.63, 3.8) is 0 Å². The summed E-state index contributed by atoms with van der Waals surface area (Å²) >= 11 is 1.74. The van der Waals surface area contributed by atoms with Gasteiger partial charge in [0.1, 0.15) is 0 Å². The molecule has 1 aliphatic rings. The SMILES string of the molecule is Cc1csc(N2CCC(NC(CO)CC(C)C)CC2)n1. The molecular formula is C15H27N3OS. The number of aromatic nitrogens is 1. The Morgan fingerprint density at radius 1 is 1.45 bits per heavy atom. The zero-order valence-electron chi connectivity index (χ0n) is 12.8. The van der Waals surface area contributed by atoms with Crippen LogP contribution in [0.4, 0.5) is 5.13 Å². The maximum absolute atomic E-state index is 9.46. The summed E-state index contributed by atoms with van der Waals surface area (Å²) in [6.07, 6.45) is 3.31. The maximum atomic E-state index is 9.46. The second-order valence-electron chi connectivity index (χ2n) is 6.21. The van der Waals surface area contributed by atoms with Gasteiger partial charge in [-0.2, -0.15) is 0 Å². The Hall–Kier alpha value is -0.650. The lowest BCUT2D eigenvalue weighted by Crippen LogP contribution is -2.47. The van der Waals surface area contributed by atoms with E-state index in [1.807, 2.05) is 6.92 Å². The molecule has 4 nitrogen and oxygen atoms in total. The number of rotatable bonds is 6. The van der Waals surface area contributed by atoms with Gasteiger partial charge in [-0.1, -0.05) is 13.8 Å². The molecule has 1 aromatic rings. The van der Waals surface area contributed by atoms with Crippen molar-refractivity contribution in [3.05, 3.63) is 11.1 Å². The molecule has 5 heteroatoms. The van der Waals surface area contributed by atoms with Crippen LogP contribution in [0.25, 0.3) is 0 Å². The fourth-order valence-corrected chi connectivity index (χ4v) is 3.68. The van der Waals surface area contributed by atoms with Crippen LogP contribution in [0.3, 0.4) is 0 Å². The van der Waals surface area contributed by atoms with Crippen LogP contribution < -0.4 is 10.2 Å². The van der Waals surface area contributed by atoms with E-state index >= 15 is 0 Å². The van der Waals surface area contributed by atoms with Crippen molar-refractivity contribution >= 4 is 16.5 Å². The van der Waals surface area contributed by atoms with Crippen LogP contribution in [0, 0.1) is 12.8 Å². The summed E-state index contributed by atoms with van der Waals surface area (Å²) in [6, 6.07) is 0.775. The first-order valence-electron chi connectivity index (χ1n) is 7.62. The number of aryl methyl sites for hydroxylation is 1. The van der Waals surface area contributed by atoms with Crippen LogP contribution in [0.2, 0.25) is 0 Å². The van der Waals surface area contributed by atoms with Crippen molar-refractivity contribution in [2.75, 3.05) is 24.6 Å². The lowest BCUT2D eigenvalue weighted by Gasteiger charge is -2.34. The molecule has 20 heavy (non-hydrogen) atoms. The Morgan fingerprint density at radius 3 is 2.65 bits per heavy atom. The molecule has 0 amide bonds. The van der Waals surface area contributed by atoms with Crippen LogP contribution in [0.15, 0.2) is 5.38 Å². The number of aliphatic hydroxyl groups is 1. The third-order valence-electron chi connectivity index (χ3n) is 3.82. The number of anilines is 1. The van der Waals surface area contributed by atoms with Crippen molar-refractivity contribution in [1.82, 2.24) is 10.3 Å². The molecule has 1 atom stereocenters. The first-order valence-corrected chi connectivity index (χ1v) is 8.50. The average Bonchev–Trinajstić information content (AvgIpc) is 2.85. The van der Waals surface area contributed by atoms with Gasteiger partial charge in [-0.3, -0.25) is 0 Å². The Balaban J connectivity index is 1.79. The van der Waals surface area contributed by atoms with E-state index in [4.69, 9.17) is 0 Å². The number of piperidine rings is 1. The highest BCUT2D eigenvalue weighted by molar-refractivity contribution is 7.13. The number of hydrogen-bond donors (Lipinski definition) is 2. The van der Waals surface area contributed by atoms with Crippen LogP contribution in [0.5, 0.6) is 0 Å². The largest absolute Gasteiger partial charge is 0.395 e. The van der Waals surface area contributed by atoms with E-state index in [1.54, 1.807) is 11.3 Å². The Kier molecular flexibility index (Phi) is 5.81. The first-order chi connectivity index (χ1) is 9.58. The Labute approximate surface area is 126 Å². The van der Waals surface area contributed by atoms with E-state index in [1.165, 1.54) is 0 Å². The predicted octanol–water partition coefficient (Wildman–Crippen LogP) is 2.42. The average molecular weight is 297 g/mol. The number of aliphatic hydroxyl groups excluding tert-OH is 1. The molecule has 2 heterocycles. The lowest BCUT2D eigenvalue weighted by atomic mass is 10.00. The minimum Gasteiger partial charge on any atom is -0.395 e. The minimum absolute atomic E-state index is 0.240. The van der Waals surface area contributed by atoms with Crippen LogP contribution >= 0.6 is 11.3 Å². The molecule has 0 aromatic carbocycles. The first kappa shape index (κ1) is 15.7. The molecule has 0 spiro atoms. The van der Waals surface area contributed by atoms with Gasteiger partial charge in [-0.05, 0) is 32.1 Å². The monoisotopic (exact) mass is 297 g/mol. The Morgan fingerprint density at radius 2 is 2.15 bits per heavy atom. The smallest absolute Gasteiger partial charge is 0.185 e. The van der Waals surface area contributed by atoms with E-state index in [0.29, 0.717) is 12.0 Å². The number of hydrogen-bond acceptors (Lipinski definition) is 5. The van der Waals surface area contributed by atoms with Crippen LogP contribution in [-0.4, -0.2) is 41.9 Å². The summed E-state index contributed by atoms with van der Waals surface area (Å²) in [4.78, 5) is 6.94. The fraction of sp³-hybridized carbons (Fsp3) is 0.800. The van der Waals surface area contributed by atoms with Crippen molar-refractivity contribution in [2.45, 2.75) is 52.1 Å². The molecule has 1 saturated heterocycles. The highest BCUT2D eigenvalue weighted by Crippen LogP contribution is 2.24. The molecule has 1 aromatic heterocycles. The van der Waals surface area contributed by atoms with Gasteiger partial charge in [-0.25, -0.2) is 4.98 Å². The number of thiazole rings is 1. The fourth-order valence-electron chi connectivity index (χ4n) is 2.82. The molecule has 1 unspecified atom stereocenters. The van der Waals surface area contributed by atoms with E-state index in [9.17, 15) is 5.11 Å². The van der Waals surface area contributed by atoms with Crippen molar-refractivity contribution < 1.29 is 5.11 Å². The summed E-state index contributed by atoms with van der Waals surface area (Å²) in [5.74, 6) is 0.623.